The number of amides is 2. The highest BCUT2D eigenvalue weighted by Gasteiger charge is 2.22. The molecule has 0 radical (unpaired) electrons. The van der Waals surface area contributed by atoms with Crippen molar-refractivity contribution in [2.75, 3.05) is 23.8 Å². The summed E-state index contributed by atoms with van der Waals surface area (Å²) in [5.74, 6) is -0.128. The van der Waals surface area contributed by atoms with E-state index in [1.54, 1.807) is 12.1 Å². The van der Waals surface area contributed by atoms with Crippen LogP contribution in [0, 0.1) is 6.92 Å². The molecule has 5 aromatic rings. The Hall–Kier alpha value is -4.96. The quantitative estimate of drug-likeness (QED) is 0.201. The van der Waals surface area contributed by atoms with E-state index in [9.17, 15) is 9.59 Å². The highest BCUT2D eigenvalue weighted by atomic mass is 16.5. The van der Waals surface area contributed by atoms with Crippen LogP contribution in [0.4, 0.5) is 11.6 Å². The topological polar surface area (TPSA) is 134 Å². The minimum atomic E-state index is -0.540. The molecule has 0 saturated heterocycles. The number of nitrogens with one attached hydrogen (secondary N) is 4. The molecule has 4 N–H and O–H groups in total. The van der Waals surface area contributed by atoms with Crippen LogP contribution < -0.4 is 15.4 Å². The monoisotopic (exact) mass is 510 g/mol. The Balaban J connectivity index is 1.15. The summed E-state index contributed by atoms with van der Waals surface area (Å²) in [5.41, 5.74) is 3.97. The molecule has 0 unspecified atom stereocenters. The fraction of sp³-hybridized carbons (Fsp3) is 0.143. The first-order valence-corrected chi connectivity index (χ1v) is 12.0. The second-order valence-corrected chi connectivity index (χ2v) is 8.50. The van der Waals surface area contributed by atoms with Crippen LogP contribution in [0.1, 0.15) is 32.1 Å². The Morgan fingerprint density at radius 1 is 0.921 bits per heavy atom. The van der Waals surface area contributed by atoms with Gasteiger partial charge in [-0.15, -0.1) is 0 Å². The number of aromatic nitrogens is 4. The van der Waals surface area contributed by atoms with E-state index >= 15 is 0 Å². The van der Waals surface area contributed by atoms with Crippen LogP contribution in [0.5, 0.6) is 5.75 Å². The summed E-state index contributed by atoms with van der Waals surface area (Å²) in [4.78, 5) is 39.9. The molecule has 2 heterocycles. The highest BCUT2D eigenvalue weighted by molar-refractivity contribution is 6.13. The fourth-order valence-corrected chi connectivity index (χ4v) is 3.85. The van der Waals surface area contributed by atoms with Crippen LogP contribution in [0.15, 0.2) is 79.1 Å². The van der Waals surface area contributed by atoms with Gasteiger partial charge in [0.2, 0.25) is 5.95 Å². The number of imidazole rings is 2. The summed E-state index contributed by atoms with van der Waals surface area (Å²) in [6, 6.07) is 22.7. The lowest BCUT2D eigenvalue weighted by molar-refractivity contribution is 0.0889. The van der Waals surface area contributed by atoms with E-state index in [0.717, 1.165) is 16.6 Å². The number of hydrogen-bond donors (Lipinski definition) is 4. The van der Waals surface area contributed by atoms with E-state index in [2.05, 4.69) is 30.6 Å². The Kier molecular flexibility index (Phi) is 7.42. The number of carbonyl (C=O) groups is 2. The van der Waals surface area contributed by atoms with Crippen LogP contribution in [-0.2, 0) is 11.3 Å². The van der Waals surface area contributed by atoms with Crippen molar-refractivity contribution < 1.29 is 19.1 Å². The lowest BCUT2D eigenvalue weighted by Crippen LogP contribution is -2.21. The highest BCUT2D eigenvalue weighted by Crippen LogP contribution is 2.22. The first-order chi connectivity index (χ1) is 18.6. The Labute approximate surface area is 218 Å². The van der Waals surface area contributed by atoms with Crippen LogP contribution >= 0.6 is 0 Å². The number of aromatic amines is 2. The SMILES string of the molecule is Cc1cc(OCCOCc2ccccc2)ccc1NC(=O)c1nc[nH]c1C(=O)Nc1nc2ccccc2[nH]1. The largest absolute Gasteiger partial charge is 0.491 e. The molecule has 0 fully saturated rings. The van der Waals surface area contributed by atoms with Gasteiger partial charge in [-0.1, -0.05) is 42.5 Å². The zero-order chi connectivity index (χ0) is 26.3. The van der Waals surface area contributed by atoms with Crippen molar-refractivity contribution in [3.63, 3.8) is 0 Å². The van der Waals surface area contributed by atoms with E-state index in [1.165, 1.54) is 6.33 Å². The van der Waals surface area contributed by atoms with Crippen molar-refractivity contribution in [3.05, 3.63) is 102 Å². The number of ether oxygens (including phenoxy) is 2. The number of anilines is 2. The van der Waals surface area contributed by atoms with Crippen molar-refractivity contribution in [2.24, 2.45) is 0 Å². The summed E-state index contributed by atoms with van der Waals surface area (Å²) in [5, 5.41) is 5.48. The second kappa shape index (κ2) is 11.4. The van der Waals surface area contributed by atoms with Gasteiger partial charge in [0, 0.05) is 5.69 Å². The Bertz CT molecular complexity index is 1530. The third kappa shape index (κ3) is 5.88. The molecule has 10 heteroatoms. The van der Waals surface area contributed by atoms with Crippen molar-refractivity contribution >= 4 is 34.5 Å². The molecule has 5 rings (SSSR count). The summed E-state index contributed by atoms with van der Waals surface area (Å²) in [6.07, 6.45) is 1.30. The maximum Gasteiger partial charge on any atom is 0.276 e. The van der Waals surface area contributed by atoms with Gasteiger partial charge in [-0.25, -0.2) is 9.97 Å². The molecule has 0 aliphatic carbocycles. The number of fused-ring (bicyclic) bond motifs is 1. The van der Waals surface area contributed by atoms with Gasteiger partial charge in [0.25, 0.3) is 11.8 Å². The van der Waals surface area contributed by atoms with Crippen LogP contribution in [0.2, 0.25) is 0 Å². The lowest BCUT2D eigenvalue weighted by atomic mass is 10.2. The summed E-state index contributed by atoms with van der Waals surface area (Å²) >= 11 is 0. The first kappa shape index (κ1) is 24.7. The van der Waals surface area contributed by atoms with Gasteiger partial charge in [-0.05, 0) is 48.4 Å². The average molecular weight is 511 g/mol. The number of H-pyrrole nitrogens is 2. The molecular formula is C28H26N6O4. The van der Waals surface area contributed by atoms with Crippen molar-refractivity contribution in [2.45, 2.75) is 13.5 Å². The summed E-state index contributed by atoms with van der Waals surface area (Å²) < 4.78 is 11.4. The van der Waals surface area contributed by atoms with Crippen molar-refractivity contribution in [3.8, 4) is 5.75 Å². The molecule has 0 aliphatic rings. The molecular weight excluding hydrogens is 484 g/mol. The zero-order valence-corrected chi connectivity index (χ0v) is 20.7. The van der Waals surface area contributed by atoms with E-state index in [4.69, 9.17) is 9.47 Å². The second-order valence-electron chi connectivity index (χ2n) is 8.50. The number of benzene rings is 3. The van der Waals surface area contributed by atoms with Gasteiger partial charge in [-0.2, -0.15) is 0 Å². The van der Waals surface area contributed by atoms with Crippen LogP contribution in [-0.4, -0.2) is 45.0 Å². The molecule has 10 nitrogen and oxygen atoms in total. The number of carbonyl (C=O) groups excluding carboxylic acids is 2. The standard InChI is InChI=1S/C28H26N6O4/c1-18-15-20(38-14-13-37-16-19-7-3-2-4-8-19)11-12-21(18)31-26(35)24-25(30-17-29-24)27(36)34-28-32-22-9-5-6-10-23(22)33-28/h2-12,15,17H,13-14,16H2,1H3,(H,29,30)(H,31,35)(H2,32,33,34,36). The predicted octanol–water partition coefficient (Wildman–Crippen LogP) is 4.69. The first-order valence-electron chi connectivity index (χ1n) is 12.0. The number of nitrogens with zero attached hydrogens (tertiary/aromatic N) is 2. The normalized spacial score (nSPS) is 10.9. The molecule has 38 heavy (non-hydrogen) atoms. The zero-order valence-electron chi connectivity index (χ0n) is 20.7. The smallest absolute Gasteiger partial charge is 0.276 e. The van der Waals surface area contributed by atoms with E-state index in [1.807, 2.05) is 67.6 Å². The molecule has 2 aromatic heterocycles. The average Bonchev–Trinajstić information content (AvgIpc) is 3.58. The van der Waals surface area contributed by atoms with E-state index < -0.39 is 11.8 Å². The molecule has 2 amide bonds. The number of para-hydroxylation sites is 2. The molecule has 0 atom stereocenters. The number of aryl methyl sites for hydroxylation is 1. The molecule has 3 aromatic carbocycles. The van der Waals surface area contributed by atoms with E-state index in [-0.39, 0.29) is 17.3 Å². The molecule has 192 valence electrons. The summed E-state index contributed by atoms with van der Waals surface area (Å²) in [7, 11) is 0. The minimum Gasteiger partial charge on any atom is -0.491 e. The number of rotatable bonds is 10. The third-order valence-corrected chi connectivity index (χ3v) is 5.76. The Morgan fingerprint density at radius 3 is 2.55 bits per heavy atom. The summed E-state index contributed by atoms with van der Waals surface area (Å²) in [6.45, 7) is 3.23. The Morgan fingerprint density at radius 2 is 1.74 bits per heavy atom. The molecule has 0 spiro atoms. The molecule has 0 bridgehead atoms. The molecule has 0 aliphatic heterocycles. The predicted molar refractivity (Wildman–Crippen MR) is 143 cm³/mol. The molecule has 0 saturated carbocycles. The van der Waals surface area contributed by atoms with Gasteiger partial charge in [-0.3, -0.25) is 14.9 Å². The van der Waals surface area contributed by atoms with Gasteiger partial charge >= 0.3 is 0 Å². The minimum absolute atomic E-state index is 0.0241. The maximum absolute atomic E-state index is 12.9. The van der Waals surface area contributed by atoms with E-state index in [0.29, 0.717) is 36.8 Å². The van der Waals surface area contributed by atoms with Crippen molar-refractivity contribution in [1.29, 1.82) is 0 Å². The van der Waals surface area contributed by atoms with Crippen LogP contribution in [0.25, 0.3) is 11.0 Å². The fourth-order valence-electron chi connectivity index (χ4n) is 3.85. The van der Waals surface area contributed by atoms with Gasteiger partial charge in [0.05, 0.1) is 30.6 Å². The van der Waals surface area contributed by atoms with Crippen LogP contribution in [0.3, 0.4) is 0 Å². The van der Waals surface area contributed by atoms with Crippen molar-refractivity contribution in [1.82, 2.24) is 19.9 Å². The maximum atomic E-state index is 12.9. The van der Waals surface area contributed by atoms with Gasteiger partial charge in [0.15, 0.2) is 5.69 Å². The van der Waals surface area contributed by atoms with Gasteiger partial charge < -0.3 is 24.8 Å². The third-order valence-electron chi connectivity index (χ3n) is 5.76. The van der Waals surface area contributed by atoms with Gasteiger partial charge in [0.1, 0.15) is 18.1 Å². The lowest BCUT2D eigenvalue weighted by Gasteiger charge is -2.12. The number of hydrogen-bond acceptors (Lipinski definition) is 6.